The molecule has 0 heterocycles. The van der Waals surface area contributed by atoms with E-state index in [1.165, 1.54) is 0 Å². The predicted octanol–water partition coefficient (Wildman–Crippen LogP) is 2.16. The first-order chi connectivity index (χ1) is 9.31. The Morgan fingerprint density at radius 1 is 1.40 bits per heavy atom. The summed E-state index contributed by atoms with van der Waals surface area (Å²) in [6, 6.07) is 6.90. The lowest BCUT2D eigenvalue weighted by Crippen LogP contribution is -2.41. The maximum atomic E-state index is 12.0. The SMILES string of the molecule is CCCN(CC(=O)NCC(F)(F)F)c1cccc(N)c1. The minimum atomic E-state index is -4.40. The normalized spacial score (nSPS) is 11.2. The van der Waals surface area contributed by atoms with Gasteiger partial charge in [-0.1, -0.05) is 13.0 Å². The smallest absolute Gasteiger partial charge is 0.399 e. The van der Waals surface area contributed by atoms with E-state index in [-0.39, 0.29) is 6.54 Å². The van der Waals surface area contributed by atoms with E-state index < -0.39 is 18.6 Å². The van der Waals surface area contributed by atoms with Crippen LogP contribution in [0.15, 0.2) is 24.3 Å². The molecule has 0 aliphatic heterocycles. The number of nitrogens with one attached hydrogen (secondary N) is 1. The number of rotatable bonds is 6. The van der Waals surface area contributed by atoms with Crippen LogP contribution in [0.5, 0.6) is 0 Å². The number of benzene rings is 1. The summed E-state index contributed by atoms with van der Waals surface area (Å²) in [4.78, 5) is 13.2. The molecule has 4 nitrogen and oxygen atoms in total. The van der Waals surface area contributed by atoms with Crippen molar-refractivity contribution in [3.63, 3.8) is 0 Å². The van der Waals surface area contributed by atoms with Crippen LogP contribution in [0.1, 0.15) is 13.3 Å². The molecule has 0 aliphatic rings. The van der Waals surface area contributed by atoms with E-state index in [4.69, 9.17) is 5.73 Å². The second-order valence-electron chi connectivity index (χ2n) is 4.41. The Bertz CT molecular complexity index is 449. The Balaban J connectivity index is 2.65. The number of amides is 1. The van der Waals surface area contributed by atoms with Crippen LogP contribution >= 0.6 is 0 Å². The molecule has 0 fully saturated rings. The van der Waals surface area contributed by atoms with Crippen molar-refractivity contribution in [2.24, 2.45) is 0 Å². The molecule has 1 aromatic rings. The Morgan fingerprint density at radius 3 is 2.65 bits per heavy atom. The summed E-state index contributed by atoms with van der Waals surface area (Å²) in [6.07, 6.45) is -3.64. The number of halogens is 3. The first kappa shape index (κ1) is 16.1. The molecule has 0 radical (unpaired) electrons. The molecule has 1 amide bonds. The lowest BCUT2D eigenvalue weighted by atomic mass is 10.2. The topological polar surface area (TPSA) is 58.4 Å². The zero-order valence-corrected chi connectivity index (χ0v) is 11.2. The summed E-state index contributed by atoms with van der Waals surface area (Å²) >= 11 is 0. The van der Waals surface area contributed by atoms with Gasteiger partial charge in [0.25, 0.3) is 0 Å². The highest BCUT2D eigenvalue weighted by Gasteiger charge is 2.27. The fourth-order valence-electron chi connectivity index (χ4n) is 1.72. The van der Waals surface area contributed by atoms with Crippen molar-refractivity contribution in [3.8, 4) is 0 Å². The molecule has 0 bridgehead atoms. The van der Waals surface area contributed by atoms with Gasteiger partial charge in [0.05, 0.1) is 6.54 Å². The van der Waals surface area contributed by atoms with Crippen LogP contribution in [0, 0.1) is 0 Å². The maximum Gasteiger partial charge on any atom is 0.405 e. The third-order valence-electron chi connectivity index (χ3n) is 2.55. The van der Waals surface area contributed by atoms with E-state index >= 15 is 0 Å². The average Bonchev–Trinajstić information content (AvgIpc) is 2.35. The largest absolute Gasteiger partial charge is 0.405 e. The number of carbonyl (C=O) groups excluding carboxylic acids is 1. The highest BCUT2D eigenvalue weighted by atomic mass is 19.4. The first-order valence-electron chi connectivity index (χ1n) is 6.25. The van der Waals surface area contributed by atoms with Gasteiger partial charge >= 0.3 is 6.18 Å². The molecular formula is C13H18F3N3O. The van der Waals surface area contributed by atoms with Gasteiger partial charge in [0, 0.05) is 17.9 Å². The fourth-order valence-corrected chi connectivity index (χ4v) is 1.72. The number of alkyl halides is 3. The summed E-state index contributed by atoms with van der Waals surface area (Å²) in [5.41, 5.74) is 6.92. The van der Waals surface area contributed by atoms with E-state index in [2.05, 4.69) is 0 Å². The number of nitrogens with two attached hydrogens (primary N) is 1. The number of hydrogen-bond donors (Lipinski definition) is 2. The van der Waals surface area contributed by atoms with Crippen molar-refractivity contribution >= 4 is 17.3 Å². The summed E-state index contributed by atoms with van der Waals surface area (Å²) < 4.78 is 36.1. The maximum absolute atomic E-state index is 12.0. The van der Waals surface area contributed by atoms with Crippen molar-refractivity contribution in [2.45, 2.75) is 19.5 Å². The van der Waals surface area contributed by atoms with Gasteiger partial charge in [0.1, 0.15) is 6.54 Å². The van der Waals surface area contributed by atoms with Crippen molar-refractivity contribution in [2.75, 3.05) is 30.3 Å². The Kier molecular flexibility index (Phi) is 5.66. The van der Waals surface area contributed by atoms with Crippen LogP contribution in [-0.2, 0) is 4.79 Å². The monoisotopic (exact) mass is 289 g/mol. The lowest BCUT2D eigenvalue weighted by Gasteiger charge is -2.24. The second-order valence-corrected chi connectivity index (χ2v) is 4.41. The van der Waals surface area contributed by atoms with Gasteiger partial charge in [0.2, 0.25) is 5.91 Å². The van der Waals surface area contributed by atoms with Gasteiger partial charge in [-0.15, -0.1) is 0 Å². The predicted molar refractivity (Wildman–Crippen MR) is 72.4 cm³/mol. The second kappa shape index (κ2) is 7.02. The molecule has 112 valence electrons. The highest BCUT2D eigenvalue weighted by Crippen LogP contribution is 2.18. The fraction of sp³-hybridized carbons (Fsp3) is 0.462. The summed E-state index contributed by atoms with van der Waals surface area (Å²) in [7, 11) is 0. The third kappa shape index (κ3) is 5.81. The zero-order valence-electron chi connectivity index (χ0n) is 11.2. The lowest BCUT2D eigenvalue weighted by molar-refractivity contribution is -0.137. The number of hydrogen-bond acceptors (Lipinski definition) is 3. The molecule has 0 unspecified atom stereocenters. The van der Waals surface area contributed by atoms with Crippen LogP contribution in [0.25, 0.3) is 0 Å². The molecule has 0 spiro atoms. The molecule has 0 atom stereocenters. The Labute approximate surface area is 115 Å². The molecule has 1 aromatic carbocycles. The Hall–Kier alpha value is -1.92. The van der Waals surface area contributed by atoms with E-state index in [0.717, 1.165) is 6.42 Å². The van der Waals surface area contributed by atoms with Gasteiger partial charge in [0.15, 0.2) is 0 Å². The van der Waals surface area contributed by atoms with Gasteiger partial charge in [-0.05, 0) is 24.6 Å². The number of nitrogen functional groups attached to an aromatic ring is 1. The van der Waals surface area contributed by atoms with E-state index in [1.54, 1.807) is 29.2 Å². The molecule has 20 heavy (non-hydrogen) atoms. The van der Waals surface area contributed by atoms with Crippen molar-refractivity contribution in [1.82, 2.24) is 5.32 Å². The molecule has 0 aromatic heterocycles. The van der Waals surface area contributed by atoms with Crippen LogP contribution in [0.3, 0.4) is 0 Å². The van der Waals surface area contributed by atoms with Crippen LogP contribution in [-0.4, -0.2) is 31.7 Å². The minimum absolute atomic E-state index is 0.132. The Morgan fingerprint density at radius 2 is 2.10 bits per heavy atom. The van der Waals surface area contributed by atoms with Gasteiger partial charge in [-0.3, -0.25) is 4.79 Å². The number of anilines is 2. The van der Waals surface area contributed by atoms with Gasteiger partial charge in [-0.25, -0.2) is 0 Å². The molecule has 0 aliphatic carbocycles. The summed E-state index contributed by atoms with van der Waals surface area (Å²) in [5, 5.41) is 1.86. The van der Waals surface area contributed by atoms with Gasteiger partial charge in [-0.2, -0.15) is 13.2 Å². The third-order valence-corrected chi connectivity index (χ3v) is 2.55. The van der Waals surface area contributed by atoms with Crippen molar-refractivity contribution in [1.29, 1.82) is 0 Å². The molecule has 1 rings (SSSR count). The number of nitrogens with zero attached hydrogens (tertiary/aromatic N) is 1. The summed E-state index contributed by atoms with van der Waals surface area (Å²) in [6.45, 7) is 1.03. The molecule has 0 saturated carbocycles. The quantitative estimate of drug-likeness (QED) is 0.789. The van der Waals surface area contributed by atoms with Crippen LogP contribution in [0.2, 0.25) is 0 Å². The highest BCUT2D eigenvalue weighted by molar-refractivity contribution is 5.81. The van der Waals surface area contributed by atoms with E-state index in [0.29, 0.717) is 17.9 Å². The molecular weight excluding hydrogens is 271 g/mol. The molecule has 0 saturated heterocycles. The minimum Gasteiger partial charge on any atom is -0.399 e. The van der Waals surface area contributed by atoms with Crippen LogP contribution < -0.4 is 16.0 Å². The standard InChI is InChI=1S/C13H18F3N3O/c1-2-6-19(11-5-3-4-10(17)7-11)8-12(20)18-9-13(14,15)16/h3-5,7H,2,6,8-9,17H2,1H3,(H,18,20). The van der Waals surface area contributed by atoms with Crippen molar-refractivity contribution in [3.05, 3.63) is 24.3 Å². The van der Waals surface area contributed by atoms with E-state index in [9.17, 15) is 18.0 Å². The van der Waals surface area contributed by atoms with E-state index in [1.807, 2.05) is 12.2 Å². The summed E-state index contributed by atoms with van der Waals surface area (Å²) in [5.74, 6) is -0.668. The van der Waals surface area contributed by atoms with Crippen molar-refractivity contribution < 1.29 is 18.0 Å². The molecule has 3 N–H and O–H groups in total. The average molecular weight is 289 g/mol. The van der Waals surface area contributed by atoms with Crippen LogP contribution in [0.4, 0.5) is 24.5 Å². The van der Waals surface area contributed by atoms with Gasteiger partial charge < -0.3 is 16.0 Å². The number of carbonyl (C=O) groups is 1. The molecule has 7 heteroatoms. The zero-order chi connectivity index (χ0) is 15.2. The first-order valence-corrected chi connectivity index (χ1v) is 6.25.